The van der Waals surface area contributed by atoms with E-state index in [4.69, 9.17) is 13.9 Å². The van der Waals surface area contributed by atoms with Crippen molar-refractivity contribution in [2.24, 2.45) is 0 Å². The zero-order valence-electron chi connectivity index (χ0n) is 23.9. The van der Waals surface area contributed by atoms with Gasteiger partial charge in [0.05, 0.1) is 31.3 Å². The molecule has 0 bridgehead atoms. The Bertz CT molecular complexity index is 1660. The third-order valence-electron chi connectivity index (χ3n) is 5.68. The van der Waals surface area contributed by atoms with Crippen LogP contribution in [0.25, 0.3) is 17.1 Å². The van der Waals surface area contributed by atoms with Crippen LogP contribution in [0.4, 0.5) is 29.5 Å². The largest absolute Gasteiger partial charge is 0.464 e. The van der Waals surface area contributed by atoms with E-state index in [1.807, 2.05) is 0 Å². The number of aliphatic hydroxyl groups is 1. The Balaban J connectivity index is 1.59. The summed E-state index contributed by atoms with van der Waals surface area (Å²) in [7, 11) is 1.15. The monoisotopic (exact) mass is 616 g/mol. The van der Waals surface area contributed by atoms with Crippen LogP contribution in [0.15, 0.2) is 59.5 Å². The lowest BCUT2D eigenvalue weighted by Gasteiger charge is -2.27. The van der Waals surface area contributed by atoms with Crippen LogP contribution in [0.1, 0.15) is 47.3 Å². The Morgan fingerprint density at radius 1 is 1.11 bits per heavy atom. The maximum atomic E-state index is 13.3. The van der Waals surface area contributed by atoms with Crippen molar-refractivity contribution in [1.29, 1.82) is 0 Å². The Kier molecular flexibility index (Phi) is 9.03. The van der Waals surface area contributed by atoms with E-state index in [1.165, 1.54) is 37.7 Å². The Morgan fingerprint density at radius 3 is 2.43 bits per heavy atom. The molecule has 0 spiro atoms. The van der Waals surface area contributed by atoms with E-state index >= 15 is 0 Å². The van der Waals surface area contributed by atoms with E-state index in [9.17, 15) is 32.7 Å². The lowest BCUT2D eigenvalue weighted by molar-refractivity contribution is -0.119. The van der Waals surface area contributed by atoms with Crippen LogP contribution in [0, 0.1) is 0 Å². The minimum Gasteiger partial charge on any atom is -0.464 e. The lowest BCUT2D eigenvalue weighted by atomic mass is 10.2. The van der Waals surface area contributed by atoms with Crippen LogP contribution in [-0.2, 0) is 16.1 Å². The van der Waals surface area contributed by atoms with Crippen LogP contribution >= 0.6 is 0 Å². The molecule has 44 heavy (non-hydrogen) atoms. The number of hydrogen-bond donors (Lipinski definition) is 2. The number of hydrogen-bond acceptors (Lipinski definition) is 10. The second kappa shape index (κ2) is 12.5. The van der Waals surface area contributed by atoms with Crippen molar-refractivity contribution < 1.29 is 46.6 Å². The summed E-state index contributed by atoms with van der Waals surface area (Å²) < 4.78 is 56.5. The topological polar surface area (TPSA) is 162 Å². The minimum atomic E-state index is -4.76. The number of nitrogens with zero attached hydrogens (tertiary/aromatic N) is 5. The van der Waals surface area contributed by atoms with Crippen molar-refractivity contribution >= 4 is 29.5 Å². The number of carbonyl (C=O) groups is 3. The van der Waals surface area contributed by atoms with Gasteiger partial charge in [0.1, 0.15) is 24.2 Å². The van der Waals surface area contributed by atoms with Crippen LogP contribution in [0.2, 0.25) is 0 Å². The summed E-state index contributed by atoms with van der Waals surface area (Å²) in [5.74, 6) is -2.19. The smallest absolute Gasteiger partial charge is 0.416 e. The Hall–Kier alpha value is -5.25. The molecule has 232 valence electrons. The number of anilines is 2. The molecule has 0 atom stereocenters. The molecule has 2 amide bonds. The number of nitrogens with one attached hydrogen (secondary N) is 1. The summed E-state index contributed by atoms with van der Waals surface area (Å²) in [5, 5.41) is 16.0. The molecule has 4 aromatic rings. The standard InChI is InChI=1S/C28H27F3N6O7/c1-27(2,3)44-26(41)36(15-28(29,30)31)21-11-17(9-10-32-21)24-34-20(14-43-24)23(39)33-19-12-37(35-22(19)25(40)42-4)18-7-5-16(13-38)6-8-18/h5-12,14,38H,13,15H2,1-4H3,(H,33,39). The summed E-state index contributed by atoms with van der Waals surface area (Å²) >= 11 is 0. The first-order valence-electron chi connectivity index (χ1n) is 12.9. The van der Waals surface area contributed by atoms with Gasteiger partial charge in [0.25, 0.3) is 5.91 Å². The summed E-state index contributed by atoms with van der Waals surface area (Å²) in [6.45, 7) is 2.69. The van der Waals surface area contributed by atoms with Gasteiger partial charge >= 0.3 is 18.2 Å². The van der Waals surface area contributed by atoms with Gasteiger partial charge in [-0.25, -0.2) is 24.2 Å². The van der Waals surface area contributed by atoms with Crippen LogP contribution in [0.5, 0.6) is 0 Å². The number of amides is 2. The van der Waals surface area contributed by atoms with Crippen LogP contribution in [0.3, 0.4) is 0 Å². The first kappa shape index (κ1) is 31.7. The molecule has 0 unspecified atom stereocenters. The highest BCUT2D eigenvalue weighted by molar-refractivity contribution is 6.06. The van der Waals surface area contributed by atoms with Crippen molar-refractivity contribution in [3.63, 3.8) is 0 Å². The number of alkyl halides is 3. The lowest BCUT2D eigenvalue weighted by Crippen LogP contribution is -2.42. The average molecular weight is 617 g/mol. The number of halogens is 3. The first-order valence-corrected chi connectivity index (χ1v) is 12.9. The number of benzene rings is 1. The number of ether oxygens (including phenoxy) is 2. The van der Waals surface area contributed by atoms with Crippen molar-refractivity contribution in [2.75, 3.05) is 23.9 Å². The molecule has 0 fully saturated rings. The number of oxazole rings is 1. The maximum Gasteiger partial charge on any atom is 0.416 e. The average Bonchev–Trinajstić information content (AvgIpc) is 3.62. The molecule has 13 nitrogen and oxygen atoms in total. The zero-order valence-corrected chi connectivity index (χ0v) is 23.9. The molecule has 3 heterocycles. The van der Waals surface area contributed by atoms with Gasteiger partial charge < -0.3 is 24.3 Å². The third kappa shape index (κ3) is 7.77. The number of aliphatic hydroxyl groups excluding tert-OH is 1. The number of methoxy groups -OCH3 is 1. The fourth-order valence-corrected chi connectivity index (χ4v) is 3.73. The molecule has 3 aromatic heterocycles. The number of carbonyl (C=O) groups excluding carboxylic acids is 3. The third-order valence-corrected chi connectivity index (χ3v) is 5.68. The van der Waals surface area contributed by atoms with Crippen molar-refractivity contribution in [1.82, 2.24) is 19.7 Å². The molecular formula is C28H27F3N6O7. The molecule has 0 aliphatic heterocycles. The Morgan fingerprint density at radius 2 is 1.82 bits per heavy atom. The molecule has 1 aromatic carbocycles. The predicted molar refractivity (Wildman–Crippen MR) is 148 cm³/mol. The molecule has 0 aliphatic carbocycles. The van der Waals surface area contributed by atoms with E-state index in [0.717, 1.165) is 25.6 Å². The van der Waals surface area contributed by atoms with E-state index in [2.05, 4.69) is 20.4 Å². The van der Waals surface area contributed by atoms with Gasteiger partial charge in [-0.1, -0.05) is 12.1 Å². The Labute approximate surface area is 248 Å². The molecule has 0 saturated heterocycles. The molecular weight excluding hydrogens is 589 g/mol. The maximum absolute atomic E-state index is 13.3. The van der Waals surface area contributed by atoms with E-state index in [-0.39, 0.29) is 41.0 Å². The normalized spacial score (nSPS) is 11.6. The van der Waals surface area contributed by atoms with E-state index in [1.54, 1.807) is 24.3 Å². The van der Waals surface area contributed by atoms with E-state index < -0.39 is 36.3 Å². The number of esters is 1. The summed E-state index contributed by atoms with van der Waals surface area (Å²) in [6.07, 6.45) is -2.50. The molecule has 0 saturated carbocycles. The highest BCUT2D eigenvalue weighted by Crippen LogP contribution is 2.27. The van der Waals surface area contributed by atoms with Crippen LogP contribution in [-0.4, -0.2) is 68.3 Å². The van der Waals surface area contributed by atoms with Gasteiger partial charge in [-0.3, -0.25) is 9.69 Å². The van der Waals surface area contributed by atoms with Crippen LogP contribution < -0.4 is 10.2 Å². The highest BCUT2D eigenvalue weighted by atomic mass is 19.4. The van der Waals surface area contributed by atoms with Crippen molar-refractivity contribution in [3.8, 4) is 17.1 Å². The second-order valence-corrected chi connectivity index (χ2v) is 10.2. The van der Waals surface area contributed by atoms with E-state index in [0.29, 0.717) is 16.2 Å². The van der Waals surface area contributed by atoms with Gasteiger partial charge in [0, 0.05) is 11.8 Å². The fourth-order valence-electron chi connectivity index (χ4n) is 3.73. The minimum absolute atomic E-state index is 0.0102. The quantitative estimate of drug-likeness (QED) is 0.264. The van der Waals surface area contributed by atoms with Crippen molar-refractivity contribution in [2.45, 2.75) is 39.2 Å². The van der Waals surface area contributed by atoms with Gasteiger partial charge in [0.15, 0.2) is 11.4 Å². The second-order valence-electron chi connectivity index (χ2n) is 10.2. The zero-order chi connectivity index (χ0) is 32.2. The van der Waals surface area contributed by atoms with Gasteiger partial charge in [-0.05, 0) is 50.6 Å². The first-order chi connectivity index (χ1) is 20.7. The molecule has 2 N–H and O–H groups in total. The summed E-state index contributed by atoms with van der Waals surface area (Å²) in [5.41, 5.74) is -0.240. The number of pyridine rings is 1. The van der Waals surface area contributed by atoms with Gasteiger partial charge in [0.2, 0.25) is 5.89 Å². The SMILES string of the molecule is COC(=O)c1nn(-c2ccc(CO)cc2)cc1NC(=O)c1coc(-c2ccnc(N(CC(F)(F)F)C(=O)OC(C)(C)C)c2)n1. The molecule has 16 heteroatoms. The van der Waals surface area contributed by atoms with Gasteiger partial charge in [-0.2, -0.15) is 18.3 Å². The molecule has 0 radical (unpaired) electrons. The fraction of sp³-hybridized carbons (Fsp3) is 0.286. The van der Waals surface area contributed by atoms with Crippen molar-refractivity contribution in [3.05, 3.63) is 72.0 Å². The highest BCUT2D eigenvalue weighted by Gasteiger charge is 2.36. The summed E-state index contributed by atoms with van der Waals surface area (Å²) in [6, 6.07) is 9.10. The van der Waals surface area contributed by atoms with Gasteiger partial charge in [-0.15, -0.1) is 0 Å². The number of aromatic nitrogens is 4. The number of rotatable bonds is 8. The summed E-state index contributed by atoms with van der Waals surface area (Å²) in [4.78, 5) is 46.3. The molecule has 4 rings (SSSR count). The predicted octanol–water partition coefficient (Wildman–Crippen LogP) is 4.76. The molecule has 0 aliphatic rings.